The number of aliphatic hydroxyl groups is 3. The zero-order chi connectivity index (χ0) is 25.4. The van der Waals surface area contributed by atoms with Crippen molar-refractivity contribution in [1.82, 2.24) is 0 Å². The summed E-state index contributed by atoms with van der Waals surface area (Å²) < 4.78 is 47.2. The zero-order valence-electron chi connectivity index (χ0n) is 17.2. The van der Waals surface area contributed by atoms with Gasteiger partial charge in [-0.2, -0.15) is 8.78 Å². The number of hydrogen-bond donors (Lipinski definition) is 3. The summed E-state index contributed by atoms with van der Waals surface area (Å²) in [4.78, 5) is 35.0. The summed E-state index contributed by atoms with van der Waals surface area (Å²) in [6, 6.07) is 15.3. The monoisotopic (exact) mass is 504 g/mol. The molecule has 0 amide bonds. The van der Waals surface area contributed by atoms with Gasteiger partial charge in [0.2, 0.25) is 6.29 Å². The zero-order valence-corrected chi connectivity index (χ0v) is 17.9. The molecule has 2 aromatic rings. The van der Waals surface area contributed by atoms with E-state index in [2.05, 4.69) is 9.47 Å². The molecular formula is C21H19ClF2O10. The van der Waals surface area contributed by atoms with Crippen LogP contribution in [0.3, 0.4) is 0 Å². The maximum atomic E-state index is 14.4. The summed E-state index contributed by atoms with van der Waals surface area (Å²) in [6.45, 7) is -1.88. The Balaban J connectivity index is 2.08. The average Bonchev–Trinajstić information content (AvgIpc) is 2.81. The molecule has 10 nitrogen and oxygen atoms in total. The van der Waals surface area contributed by atoms with Crippen molar-refractivity contribution in [2.45, 2.75) is 24.1 Å². The van der Waals surface area contributed by atoms with E-state index in [9.17, 15) is 38.5 Å². The van der Waals surface area contributed by atoms with Crippen LogP contribution in [0.1, 0.15) is 0 Å². The minimum Gasteiger partial charge on any atom is -0.482 e. The maximum Gasteiger partial charge on any atom is 0.386 e. The summed E-state index contributed by atoms with van der Waals surface area (Å²) in [5.41, 5.74) is 0. The van der Waals surface area contributed by atoms with Crippen LogP contribution in [0.4, 0.5) is 8.78 Å². The number of hydrogen-bond acceptors (Lipinski definition) is 10. The summed E-state index contributed by atoms with van der Waals surface area (Å²) in [5, 5.41) is 27.6. The molecule has 0 saturated carbocycles. The third-order valence-corrected chi connectivity index (χ3v) is 4.33. The molecule has 2 aromatic carbocycles. The molecule has 0 aromatic heterocycles. The number of benzene rings is 2. The van der Waals surface area contributed by atoms with E-state index in [1.165, 1.54) is 36.4 Å². The van der Waals surface area contributed by atoms with Crippen LogP contribution in [0.2, 0.25) is 0 Å². The molecule has 3 N–H and O–H groups in total. The van der Waals surface area contributed by atoms with Gasteiger partial charge in [0.15, 0.2) is 19.3 Å². The first-order valence-corrected chi connectivity index (χ1v) is 9.78. The van der Waals surface area contributed by atoms with E-state index in [1.807, 2.05) is 0 Å². The van der Waals surface area contributed by atoms with Gasteiger partial charge in [0.25, 0.3) is 5.24 Å². The fraction of sp³-hybridized carbons (Fsp3) is 0.286. The number of halogens is 3. The minimum atomic E-state index is -5.15. The molecule has 0 radical (unpaired) electrons. The lowest BCUT2D eigenvalue weighted by molar-refractivity contribution is -0.349. The molecule has 0 fully saturated rings. The van der Waals surface area contributed by atoms with Gasteiger partial charge in [-0.25, -0.2) is 9.59 Å². The summed E-state index contributed by atoms with van der Waals surface area (Å²) in [6.07, 6.45) is -6.15. The number of esters is 2. The van der Waals surface area contributed by atoms with E-state index in [0.29, 0.717) is 0 Å². The Morgan fingerprint density at radius 1 is 0.853 bits per heavy atom. The molecule has 3 atom stereocenters. The fourth-order valence-electron chi connectivity index (χ4n) is 2.40. The van der Waals surface area contributed by atoms with Gasteiger partial charge in [-0.15, -0.1) is 0 Å². The lowest BCUT2D eigenvalue weighted by Gasteiger charge is -2.37. The second kappa shape index (κ2) is 11.7. The number of alkyl halides is 2. The van der Waals surface area contributed by atoms with Crippen molar-refractivity contribution in [3.63, 3.8) is 0 Å². The van der Waals surface area contributed by atoms with Gasteiger partial charge in [-0.05, 0) is 35.9 Å². The van der Waals surface area contributed by atoms with E-state index in [0.717, 1.165) is 0 Å². The summed E-state index contributed by atoms with van der Waals surface area (Å²) >= 11 is 4.79. The highest BCUT2D eigenvalue weighted by Gasteiger charge is 2.67. The smallest absolute Gasteiger partial charge is 0.386 e. The molecule has 2 rings (SSSR count). The van der Waals surface area contributed by atoms with Crippen LogP contribution in [-0.2, 0) is 23.9 Å². The minimum absolute atomic E-state index is 0.121. The topological polar surface area (TPSA) is 149 Å². The summed E-state index contributed by atoms with van der Waals surface area (Å²) in [7, 11) is 0. The van der Waals surface area contributed by atoms with Gasteiger partial charge in [0.1, 0.15) is 11.5 Å². The first-order valence-electron chi connectivity index (χ1n) is 9.40. The van der Waals surface area contributed by atoms with Crippen LogP contribution >= 0.6 is 11.6 Å². The Kier molecular flexibility index (Phi) is 9.27. The van der Waals surface area contributed by atoms with Crippen molar-refractivity contribution in [3.05, 3.63) is 60.7 Å². The van der Waals surface area contributed by atoms with E-state index >= 15 is 0 Å². The van der Waals surface area contributed by atoms with Gasteiger partial charge < -0.3 is 34.3 Å². The maximum absolute atomic E-state index is 14.4. The van der Waals surface area contributed by atoms with E-state index in [4.69, 9.17) is 21.1 Å². The third kappa shape index (κ3) is 6.84. The number of aliphatic hydroxyl groups excluding tert-OH is 2. The van der Waals surface area contributed by atoms with Gasteiger partial charge in [0.05, 0.1) is 0 Å². The van der Waals surface area contributed by atoms with Crippen LogP contribution in [0.15, 0.2) is 60.7 Å². The predicted molar refractivity (Wildman–Crippen MR) is 109 cm³/mol. The molecule has 0 bridgehead atoms. The fourth-order valence-corrected chi connectivity index (χ4v) is 2.53. The van der Waals surface area contributed by atoms with Crippen molar-refractivity contribution in [2.24, 2.45) is 0 Å². The predicted octanol–water partition coefficient (Wildman–Crippen LogP) is 0.999. The van der Waals surface area contributed by atoms with Crippen molar-refractivity contribution in [3.8, 4) is 11.5 Å². The lowest BCUT2D eigenvalue weighted by Crippen LogP contribution is -2.65. The SMILES string of the molecule is O=C(COc1ccccc1)OC(O)[C@@H](O)[C@](O)(OC(=O)COc1ccccc1)C(F)(F)C(=O)Cl. The van der Waals surface area contributed by atoms with Crippen molar-refractivity contribution in [1.29, 1.82) is 0 Å². The van der Waals surface area contributed by atoms with Crippen molar-refractivity contribution in [2.75, 3.05) is 13.2 Å². The van der Waals surface area contributed by atoms with Crippen LogP contribution in [-0.4, -0.2) is 69.8 Å². The molecule has 0 aliphatic carbocycles. The molecule has 13 heteroatoms. The van der Waals surface area contributed by atoms with E-state index < -0.39 is 54.5 Å². The Hall–Kier alpha value is -3.32. The first kappa shape index (κ1) is 26.9. The van der Waals surface area contributed by atoms with Gasteiger partial charge in [-0.1, -0.05) is 36.4 Å². The molecule has 0 saturated heterocycles. The largest absolute Gasteiger partial charge is 0.482 e. The Bertz CT molecular complexity index is 976. The van der Waals surface area contributed by atoms with Crippen LogP contribution in [0.5, 0.6) is 11.5 Å². The normalized spacial score (nSPS) is 14.8. The van der Waals surface area contributed by atoms with E-state index in [1.54, 1.807) is 24.3 Å². The quantitative estimate of drug-likeness (QED) is 0.217. The standard InChI is InChI=1S/C21H19ClF2O10/c22-19(29)20(23,24)21(30,34-16(26)12-32-14-9-5-2-6-10-14)17(27)18(28)33-15(25)11-31-13-7-3-1-4-8-13/h1-10,17-18,27-28,30H,11-12H2/t17-,18?,21+/m1/s1. The second-order valence-corrected chi connectivity index (χ2v) is 6.89. The molecule has 0 aliphatic heterocycles. The molecule has 34 heavy (non-hydrogen) atoms. The molecule has 1 unspecified atom stereocenters. The van der Waals surface area contributed by atoms with Crippen molar-refractivity contribution < 1.29 is 57.4 Å². The Morgan fingerprint density at radius 2 is 1.29 bits per heavy atom. The van der Waals surface area contributed by atoms with Gasteiger partial charge in [-0.3, -0.25) is 4.79 Å². The second-order valence-electron chi connectivity index (χ2n) is 6.55. The first-order chi connectivity index (χ1) is 16.0. The number of carbonyl (C=O) groups is 3. The molecule has 0 heterocycles. The highest BCUT2D eigenvalue weighted by Crippen LogP contribution is 2.36. The average molecular weight is 505 g/mol. The van der Waals surface area contributed by atoms with Crippen LogP contribution < -0.4 is 9.47 Å². The Labute approximate surface area is 196 Å². The van der Waals surface area contributed by atoms with Crippen molar-refractivity contribution >= 4 is 28.8 Å². The third-order valence-electron chi connectivity index (χ3n) is 4.09. The van der Waals surface area contributed by atoms with Crippen LogP contribution in [0, 0.1) is 0 Å². The number of para-hydroxylation sites is 2. The molecular weight excluding hydrogens is 486 g/mol. The highest BCUT2D eigenvalue weighted by molar-refractivity contribution is 6.65. The van der Waals surface area contributed by atoms with Gasteiger partial charge >= 0.3 is 23.6 Å². The molecule has 184 valence electrons. The summed E-state index contributed by atoms with van der Waals surface area (Å²) in [5.74, 6) is -12.3. The number of rotatable bonds is 12. The number of ether oxygens (including phenoxy) is 4. The molecule has 0 spiro atoms. The Morgan fingerprint density at radius 3 is 1.74 bits per heavy atom. The van der Waals surface area contributed by atoms with Crippen LogP contribution in [0.25, 0.3) is 0 Å². The van der Waals surface area contributed by atoms with Gasteiger partial charge in [0, 0.05) is 0 Å². The highest BCUT2D eigenvalue weighted by atomic mass is 35.5. The van der Waals surface area contributed by atoms with E-state index in [-0.39, 0.29) is 11.5 Å². The molecule has 0 aliphatic rings. The number of carbonyl (C=O) groups excluding carboxylic acids is 3. The lowest BCUT2D eigenvalue weighted by atomic mass is 10.0.